The van der Waals surface area contributed by atoms with Gasteiger partial charge < -0.3 is 10.5 Å². The first-order valence-corrected chi connectivity index (χ1v) is 6.44. The number of nitrogens with zero attached hydrogens (tertiary/aromatic N) is 3. The molecule has 0 saturated carbocycles. The van der Waals surface area contributed by atoms with Gasteiger partial charge in [-0.2, -0.15) is 4.98 Å². The Balaban J connectivity index is 2.38. The minimum atomic E-state index is -0.472. The summed E-state index contributed by atoms with van der Waals surface area (Å²) in [5.74, 6) is 1.61. The Hall–Kier alpha value is -2.70. The average molecular weight is 288 g/mol. The average Bonchev–Trinajstić information content (AvgIpc) is 2.40. The van der Waals surface area contributed by atoms with Crippen molar-refractivity contribution in [1.82, 2.24) is 9.97 Å². The number of aromatic nitrogens is 2. The lowest BCUT2D eigenvalue weighted by molar-refractivity contribution is -0.384. The molecule has 1 heterocycles. The fraction of sp³-hybridized carbons (Fsp3) is 0.286. The van der Waals surface area contributed by atoms with Crippen LogP contribution >= 0.6 is 0 Å². The molecule has 0 bridgehead atoms. The highest BCUT2D eigenvalue weighted by molar-refractivity contribution is 5.46. The van der Waals surface area contributed by atoms with Gasteiger partial charge in [0.15, 0.2) is 0 Å². The Labute approximate surface area is 121 Å². The Kier molecular flexibility index (Phi) is 4.02. The van der Waals surface area contributed by atoms with Crippen molar-refractivity contribution < 1.29 is 9.66 Å². The normalized spacial score (nSPS) is 10.7. The van der Waals surface area contributed by atoms with Crippen molar-refractivity contribution in [2.45, 2.75) is 26.7 Å². The first kappa shape index (κ1) is 14.7. The summed E-state index contributed by atoms with van der Waals surface area (Å²) >= 11 is 0. The van der Waals surface area contributed by atoms with E-state index in [0.29, 0.717) is 17.4 Å². The third-order valence-corrected chi connectivity index (χ3v) is 2.85. The highest BCUT2D eigenvalue weighted by atomic mass is 16.6. The number of hydrogen-bond donors (Lipinski definition) is 1. The molecule has 2 N–H and O–H groups in total. The van der Waals surface area contributed by atoms with E-state index in [4.69, 9.17) is 10.5 Å². The van der Waals surface area contributed by atoms with Crippen LogP contribution in [-0.2, 0) is 0 Å². The van der Waals surface area contributed by atoms with Gasteiger partial charge in [0.25, 0.3) is 5.69 Å². The maximum Gasteiger partial charge on any atom is 0.273 e. The van der Waals surface area contributed by atoms with Crippen molar-refractivity contribution in [2.24, 2.45) is 0 Å². The molecule has 1 aromatic carbocycles. The number of ether oxygens (including phenoxy) is 1. The van der Waals surface area contributed by atoms with Gasteiger partial charge in [0.2, 0.25) is 5.88 Å². The van der Waals surface area contributed by atoms with Crippen molar-refractivity contribution >= 4 is 11.5 Å². The number of nitro benzene ring substituents is 1. The van der Waals surface area contributed by atoms with Crippen LogP contribution in [0.1, 0.15) is 31.2 Å². The minimum absolute atomic E-state index is 0.0401. The Bertz CT molecular complexity index is 686. The molecule has 110 valence electrons. The molecule has 0 amide bonds. The first-order valence-electron chi connectivity index (χ1n) is 6.44. The van der Waals surface area contributed by atoms with Gasteiger partial charge in [-0.25, -0.2) is 4.98 Å². The Morgan fingerprint density at radius 2 is 2.00 bits per heavy atom. The molecule has 0 fully saturated rings. The van der Waals surface area contributed by atoms with Crippen molar-refractivity contribution in [3.63, 3.8) is 0 Å². The van der Waals surface area contributed by atoms with Crippen LogP contribution in [0.3, 0.4) is 0 Å². The fourth-order valence-corrected chi connectivity index (χ4v) is 1.70. The molecule has 0 atom stereocenters. The van der Waals surface area contributed by atoms with Crippen LogP contribution in [0.25, 0.3) is 0 Å². The third-order valence-electron chi connectivity index (χ3n) is 2.85. The predicted molar refractivity (Wildman–Crippen MR) is 78.4 cm³/mol. The van der Waals surface area contributed by atoms with E-state index in [2.05, 4.69) is 9.97 Å². The maximum absolute atomic E-state index is 10.8. The smallest absolute Gasteiger partial charge is 0.273 e. The molecule has 21 heavy (non-hydrogen) atoms. The predicted octanol–water partition coefficient (Wildman–Crippen LogP) is 3.19. The van der Waals surface area contributed by atoms with Gasteiger partial charge in [-0.05, 0) is 18.6 Å². The topological polar surface area (TPSA) is 104 Å². The summed E-state index contributed by atoms with van der Waals surface area (Å²) in [4.78, 5) is 18.7. The maximum atomic E-state index is 10.8. The lowest BCUT2D eigenvalue weighted by Crippen LogP contribution is -2.03. The number of non-ortho nitro benzene ring substituents is 1. The van der Waals surface area contributed by atoms with Crippen LogP contribution in [0, 0.1) is 17.0 Å². The van der Waals surface area contributed by atoms with Gasteiger partial charge in [0.1, 0.15) is 17.4 Å². The zero-order chi connectivity index (χ0) is 15.6. The summed E-state index contributed by atoms with van der Waals surface area (Å²) in [5.41, 5.74) is 6.46. The summed E-state index contributed by atoms with van der Waals surface area (Å²) < 4.78 is 5.64. The lowest BCUT2D eigenvalue weighted by atomic mass is 10.2. The number of nitro groups is 1. The van der Waals surface area contributed by atoms with Gasteiger partial charge in [-0.15, -0.1) is 0 Å². The van der Waals surface area contributed by atoms with Crippen LogP contribution in [0.15, 0.2) is 24.3 Å². The lowest BCUT2D eigenvalue weighted by Gasteiger charge is -2.10. The summed E-state index contributed by atoms with van der Waals surface area (Å²) in [7, 11) is 0. The number of nitrogens with two attached hydrogens (primary N) is 1. The molecule has 1 aromatic heterocycles. The van der Waals surface area contributed by atoms with Crippen LogP contribution in [-0.4, -0.2) is 14.9 Å². The Morgan fingerprint density at radius 3 is 2.62 bits per heavy atom. The zero-order valence-electron chi connectivity index (χ0n) is 12.0. The number of anilines is 1. The molecule has 0 aliphatic carbocycles. The largest absolute Gasteiger partial charge is 0.438 e. The SMILES string of the molecule is Cc1ccc([N+](=O)[O-])cc1Oc1cc(N)nc(C(C)C)n1. The number of nitrogen functional groups attached to an aromatic ring is 1. The summed E-state index contributed by atoms with van der Waals surface area (Å²) in [6, 6.07) is 5.91. The quantitative estimate of drug-likeness (QED) is 0.684. The molecule has 0 unspecified atom stereocenters. The number of aryl methyl sites for hydroxylation is 1. The minimum Gasteiger partial charge on any atom is -0.438 e. The van der Waals surface area contributed by atoms with E-state index in [1.165, 1.54) is 18.2 Å². The zero-order valence-corrected chi connectivity index (χ0v) is 12.0. The molecular weight excluding hydrogens is 272 g/mol. The van der Waals surface area contributed by atoms with E-state index in [0.717, 1.165) is 5.56 Å². The van der Waals surface area contributed by atoms with Crippen molar-refractivity contribution in [1.29, 1.82) is 0 Å². The second-order valence-electron chi connectivity index (χ2n) is 4.95. The van der Waals surface area contributed by atoms with E-state index in [1.54, 1.807) is 13.0 Å². The van der Waals surface area contributed by atoms with E-state index < -0.39 is 4.92 Å². The van der Waals surface area contributed by atoms with Crippen LogP contribution in [0.2, 0.25) is 0 Å². The molecule has 0 spiro atoms. The van der Waals surface area contributed by atoms with Crippen LogP contribution in [0.5, 0.6) is 11.6 Å². The second kappa shape index (κ2) is 5.74. The molecule has 0 aliphatic rings. The third kappa shape index (κ3) is 3.44. The summed E-state index contributed by atoms with van der Waals surface area (Å²) in [6.45, 7) is 5.68. The number of hydrogen-bond acceptors (Lipinski definition) is 6. The van der Waals surface area contributed by atoms with Crippen LogP contribution in [0.4, 0.5) is 11.5 Å². The number of rotatable bonds is 4. The highest BCUT2D eigenvalue weighted by Crippen LogP contribution is 2.29. The van der Waals surface area contributed by atoms with E-state index in [9.17, 15) is 10.1 Å². The molecule has 2 aromatic rings. The standard InChI is InChI=1S/C14H16N4O3/c1-8(2)14-16-12(15)7-13(17-14)21-11-6-10(18(19)20)5-4-9(11)3/h4-8H,1-3H3,(H2,15,16,17). The van der Waals surface area contributed by atoms with Gasteiger partial charge >= 0.3 is 0 Å². The summed E-state index contributed by atoms with van der Waals surface area (Å²) in [5, 5.41) is 10.8. The highest BCUT2D eigenvalue weighted by Gasteiger charge is 2.13. The summed E-state index contributed by atoms with van der Waals surface area (Å²) in [6.07, 6.45) is 0. The second-order valence-corrected chi connectivity index (χ2v) is 4.95. The van der Waals surface area contributed by atoms with Crippen molar-refractivity contribution in [3.8, 4) is 11.6 Å². The molecule has 0 radical (unpaired) electrons. The molecule has 7 heteroatoms. The van der Waals surface area contributed by atoms with Gasteiger partial charge in [-0.3, -0.25) is 10.1 Å². The van der Waals surface area contributed by atoms with E-state index in [-0.39, 0.29) is 17.5 Å². The molecule has 0 saturated heterocycles. The monoisotopic (exact) mass is 288 g/mol. The van der Waals surface area contributed by atoms with E-state index >= 15 is 0 Å². The van der Waals surface area contributed by atoms with Crippen LogP contribution < -0.4 is 10.5 Å². The first-order chi connectivity index (χ1) is 9.86. The van der Waals surface area contributed by atoms with E-state index in [1.807, 2.05) is 13.8 Å². The van der Waals surface area contributed by atoms with Gasteiger partial charge in [0.05, 0.1) is 11.0 Å². The number of benzene rings is 1. The molecule has 0 aliphatic heterocycles. The molecule has 2 rings (SSSR count). The Morgan fingerprint density at radius 1 is 1.29 bits per heavy atom. The molecular formula is C14H16N4O3. The van der Waals surface area contributed by atoms with Gasteiger partial charge in [0, 0.05) is 18.1 Å². The van der Waals surface area contributed by atoms with Gasteiger partial charge in [-0.1, -0.05) is 13.8 Å². The van der Waals surface area contributed by atoms with Crippen molar-refractivity contribution in [3.05, 3.63) is 45.8 Å². The molecule has 7 nitrogen and oxygen atoms in total. The fourth-order valence-electron chi connectivity index (χ4n) is 1.70. The van der Waals surface area contributed by atoms with Crippen molar-refractivity contribution in [2.75, 3.05) is 5.73 Å².